The molecule has 0 amide bonds. The summed E-state index contributed by atoms with van der Waals surface area (Å²) in [5.74, 6) is 0. The Bertz CT molecular complexity index is 1540. The summed E-state index contributed by atoms with van der Waals surface area (Å²) >= 11 is 0. The van der Waals surface area contributed by atoms with Crippen LogP contribution in [0.25, 0.3) is 11.1 Å². The summed E-state index contributed by atoms with van der Waals surface area (Å²) in [7, 11) is 0. The number of anilines is 5. The van der Waals surface area contributed by atoms with Crippen LogP contribution in [0.5, 0.6) is 0 Å². The molecular formula is C37H30N2. The van der Waals surface area contributed by atoms with E-state index in [1.54, 1.807) is 0 Å². The SMILES string of the molecule is c1ccc(CN(c2ccccc2)c2ccc(-c3ccc(N(c4ccccc4)c4ccccc4)cc3)cc2)cc1. The smallest absolute Gasteiger partial charge is 0.0481 e. The lowest BCUT2D eigenvalue weighted by Gasteiger charge is -2.26. The fourth-order valence-corrected chi connectivity index (χ4v) is 4.94. The van der Waals surface area contributed by atoms with Crippen molar-refractivity contribution in [1.82, 2.24) is 0 Å². The second-order valence-corrected chi connectivity index (χ2v) is 9.51. The Hall–Kier alpha value is -5.08. The summed E-state index contributed by atoms with van der Waals surface area (Å²) in [6.07, 6.45) is 0. The van der Waals surface area contributed by atoms with Gasteiger partial charge in [0.05, 0.1) is 0 Å². The topological polar surface area (TPSA) is 6.48 Å². The van der Waals surface area contributed by atoms with E-state index in [1.807, 2.05) is 0 Å². The average Bonchev–Trinajstić information content (AvgIpc) is 3.03. The molecule has 6 aromatic carbocycles. The van der Waals surface area contributed by atoms with Crippen LogP contribution in [0.4, 0.5) is 28.4 Å². The molecule has 6 aromatic rings. The molecule has 188 valence electrons. The molecule has 0 aliphatic rings. The van der Waals surface area contributed by atoms with Gasteiger partial charge in [-0.25, -0.2) is 0 Å². The number of nitrogens with zero attached hydrogens (tertiary/aromatic N) is 2. The summed E-state index contributed by atoms with van der Waals surface area (Å²) in [6, 6.07) is 59.9. The van der Waals surface area contributed by atoms with Gasteiger partial charge in [-0.05, 0) is 77.4 Å². The minimum Gasteiger partial charge on any atom is -0.337 e. The highest BCUT2D eigenvalue weighted by molar-refractivity contribution is 5.78. The van der Waals surface area contributed by atoms with Gasteiger partial charge >= 0.3 is 0 Å². The van der Waals surface area contributed by atoms with Crippen LogP contribution in [0.2, 0.25) is 0 Å². The van der Waals surface area contributed by atoms with E-state index in [0.717, 1.165) is 23.6 Å². The Balaban J connectivity index is 1.28. The average molecular weight is 503 g/mol. The summed E-state index contributed by atoms with van der Waals surface area (Å²) in [6.45, 7) is 0.813. The number of rotatable bonds is 8. The molecule has 0 saturated carbocycles. The highest BCUT2D eigenvalue weighted by Gasteiger charge is 2.13. The lowest BCUT2D eigenvalue weighted by molar-refractivity contribution is 0.975. The van der Waals surface area contributed by atoms with Crippen molar-refractivity contribution in [2.75, 3.05) is 9.80 Å². The molecule has 0 unspecified atom stereocenters. The van der Waals surface area contributed by atoms with Crippen molar-refractivity contribution in [3.63, 3.8) is 0 Å². The van der Waals surface area contributed by atoms with Gasteiger partial charge in [-0.2, -0.15) is 0 Å². The highest BCUT2D eigenvalue weighted by Crippen LogP contribution is 2.36. The van der Waals surface area contributed by atoms with Crippen molar-refractivity contribution in [2.24, 2.45) is 0 Å². The monoisotopic (exact) mass is 502 g/mol. The first-order valence-electron chi connectivity index (χ1n) is 13.3. The maximum atomic E-state index is 2.36. The quantitative estimate of drug-likeness (QED) is 0.204. The maximum absolute atomic E-state index is 2.36. The van der Waals surface area contributed by atoms with E-state index >= 15 is 0 Å². The molecule has 2 nitrogen and oxygen atoms in total. The summed E-state index contributed by atoms with van der Waals surface area (Å²) in [5, 5.41) is 0. The predicted octanol–water partition coefficient (Wildman–Crippen LogP) is 10.2. The summed E-state index contributed by atoms with van der Waals surface area (Å²) in [4.78, 5) is 4.65. The van der Waals surface area contributed by atoms with Crippen LogP contribution in [0.3, 0.4) is 0 Å². The Labute approximate surface area is 231 Å². The molecular weight excluding hydrogens is 472 g/mol. The second kappa shape index (κ2) is 11.5. The van der Waals surface area contributed by atoms with Crippen molar-refractivity contribution in [1.29, 1.82) is 0 Å². The van der Waals surface area contributed by atoms with Gasteiger partial charge < -0.3 is 9.80 Å². The van der Waals surface area contributed by atoms with E-state index in [2.05, 4.69) is 180 Å². The lowest BCUT2D eigenvalue weighted by atomic mass is 10.0. The number of benzene rings is 6. The zero-order valence-electron chi connectivity index (χ0n) is 21.8. The van der Waals surface area contributed by atoms with Crippen molar-refractivity contribution < 1.29 is 0 Å². The lowest BCUT2D eigenvalue weighted by Crippen LogP contribution is -2.16. The first-order chi connectivity index (χ1) is 19.3. The zero-order valence-corrected chi connectivity index (χ0v) is 21.8. The Morgan fingerprint density at radius 3 is 1.10 bits per heavy atom. The molecule has 0 bridgehead atoms. The fourth-order valence-electron chi connectivity index (χ4n) is 4.94. The summed E-state index contributed by atoms with van der Waals surface area (Å²) in [5.41, 5.74) is 9.43. The van der Waals surface area contributed by atoms with Crippen molar-refractivity contribution in [3.05, 3.63) is 175 Å². The molecule has 6 rings (SSSR count). The van der Waals surface area contributed by atoms with Gasteiger partial charge in [0, 0.05) is 35.0 Å². The molecule has 39 heavy (non-hydrogen) atoms. The molecule has 0 spiro atoms. The third kappa shape index (κ3) is 5.61. The molecule has 0 aliphatic heterocycles. The van der Waals surface area contributed by atoms with Crippen molar-refractivity contribution >= 4 is 28.4 Å². The Kier molecular flexibility index (Phi) is 7.18. The third-order valence-corrected chi connectivity index (χ3v) is 6.92. The molecule has 0 atom stereocenters. The molecule has 0 fully saturated rings. The predicted molar refractivity (Wildman–Crippen MR) is 165 cm³/mol. The van der Waals surface area contributed by atoms with E-state index in [1.165, 1.54) is 28.1 Å². The normalized spacial score (nSPS) is 10.7. The van der Waals surface area contributed by atoms with Gasteiger partial charge in [0.15, 0.2) is 0 Å². The van der Waals surface area contributed by atoms with Gasteiger partial charge in [-0.1, -0.05) is 109 Å². The molecule has 0 aromatic heterocycles. The highest BCUT2D eigenvalue weighted by atomic mass is 15.1. The molecule has 2 heteroatoms. The van der Waals surface area contributed by atoms with Crippen LogP contribution >= 0.6 is 0 Å². The molecule has 0 heterocycles. The van der Waals surface area contributed by atoms with Crippen molar-refractivity contribution in [3.8, 4) is 11.1 Å². The maximum Gasteiger partial charge on any atom is 0.0481 e. The van der Waals surface area contributed by atoms with Crippen LogP contribution in [0, 0.1) is 0 Å². The first-order valence-corrected chi connectivity index (χ1v) is 13.3. The van der Waals surface area contributed by atoms with Gasteiger partial charge in [0.2, 0.25) is 0 Å². The Morgan fingerprint density at radius 2 is 0.641 bits per heavy atom. The van der Waals surface area contributed by atoms with E-state index in [-0.39, 0.29) is 0 Å². The Morgan fingerprint density at radius 1 is 0.308 bits per heavy atom. The van der Waals surface area contributed by atoms with E-state index in [0.29, 0.717) is 0 Å². The zero-order chi connectivity index (χ0) is 26.3. The van der Waals surface area contributed by atoms with Gasteiger partial charge in [0.1, 0.15) is 0 Å². The van der Waals surface area contributed by atoms with E-state index in [9.17, 15) is 0 Å². The van der Waals surface area contributed by atoms with Gasteiger partial charge in [-0.15, -0.1) is 0 Å². The van der Waals surface area contributed by atoms with Gasteiger partial charge in [0.25, 0.3) is 0 Å². The van der Waals surface area contributed by atoms with Crippen LogP contribution in [-0.2, 0) is 6.54 Å². The number of para-hydroxylation sites is 3. The number of hydrogen-bond acceptors (Lipinski definition) is 2. The minimum absolute atomic E-state index is 0.813. The van der Waals surface area contributed by atoms with Crippen LogP contribution in [0.15, 0.2) is 170 Å². The minimum atomic E-state index is 0.813. The van der Waals surface area contributed by atoms with Crippen LogP contribution in [0.1, 0.15) is 5.56 Å². The van der Waals surface area contributed by atoms with Crippen molar-refractivity contribution in [2.45, 2.75) is 6.54 Å². The van der Waals surface area contributed by atoms with E-state index < -0.39 is 0 Å². The third-order valence-electron chi connectivity index (χ3n) is 6.92. The van der Waals surface area contributed by atoms with Crippen LogP contribution < -0.4 is 9.80 Å². The standard InChI is InChI=1S/C37H30N2/c1-5-13-30(14-6-1)29-38(33-15-7-2-8-16-33)34-25-21-31(22-26-34)32-23-27-37(28-24-32)39(35-17-9-3-10-18-35)36-19-11-4-12-20-36/h1-28H,29H2. The van der Waals surface area contributed by atoms with E-state index in [4.69, 9.17) is 0 Å². The molecule has 0 N–H and O–H groups in total. The second-order valence-electron chi connectivity index (χ2n) is 9.51. The van der Waals surface area contributed by atoms with Crippen LogP contribution in [-0.4, -0.2) is 0 Å². The molecule has 0 saturated heterocycles. The molecule has 0 radical (unpaired) electrons. The largest absolute Gasteiger partial charge is 0.337 e. The first kappa shape index (κ1) is 24.3. The number of hydrogen-bond donors (Lipinski definition) is 0. The fraction of sp³-hybridized carbons (Fsp3) is 0.0270. The molecule has 0 aliphatic carbocycles. The summed E-state index contributed by atoms with van der Waals surface area (Å²) < 4.78 is 0. The van der Waals surface area contributed by atoms with Gasteiger partial charge in [-0.3, -0.25) is 0 Å².